The summed E-state index contributed by atoms with van der Waals surface area (Å²) in [6.07, 6.45) is 0. The Morgan fingerprint density at radius 3 is 2.62 bits per heavy atom. The minimum absolute atomic E-state index is 0.0216. The molecule has 29 heavy (non-hydrogen) atoms. The second-order valence-electron chi connectivity index (χ2n) is 7.71. The lowest BCUT2D eigenvalue weighted by Gasteiger charge is -2.19. The Bertz CT molecular complexity index is 1020. The van der Waals surface area contributed by atoms with Gasteiger partial charge in [-0.3, -0.25) is 14.3 Å². The molecule has 0 aliphatic carbocycles. The van der Waals surface area contributed by atoms with Crippen LogP contribution in [0.4, 0.5) is 0 Å². The van der Waals surface area contributed by atoms with Gasteiger partial charge in [-0.1, -0.05) is 20.8 Å². The molecule has 2 heterocycles. The fourth-order valence-corrected chi connectivity index (χ4v) is 3.50. The summed E-state index contributed by atoms with van der Waals surface area (Å²) in [5.74, 6) is 0.465. The van der Waals surface area contributed by atoms with Crippen molar-refractivity contribution in [2.24, 2.45) is 5.41 Å². The number of fused-ring (bicyclic) bond motifs is 1. The molecule has 8 nitrogen and oxygen atoms in total. The molecular formula is C20H25N5O3S. The molecule has 0 aliphatic heterocycles. The zero-order valence-electron chi connectivity index (χ0n) is 17.3. The molecule has 0 N–H and O–H groups in total. The van der Waals surface area contributed by atoms with Crippen LogP contribution in [0.1, 0.15) is 43.2 Å². The fraction of sp³-hybridized carbons (Fsp3) is 0.450. The van der Waals surface area contributed by atoms with Gasteiger partial charge in [0.2, 0.25) is 5.91 Å². The molecule has 3 rings (SSSR count). The Balaban J connectivity index is 1.97. The third kappa shape index (κ3) is 4.45. The number of benzene rings is 1. The number of ether oxygens (including phenoxy) is 1. The Hall–Kier alpha value is -2.81. The zero-order valence-corrected chi connectivity index (χ0v) is 18.1. The first-order valence-corrected chi connectivity index (χ1v) is 10.2. The topological polar surface area (TPSA) is 90.2 Å². The second-order valence-corrected chi connectivity index (χ2v) is 8.63. The molecule has 0 unspecified atom stereocenters. The van der Waals surface area contributed by atoms with Crippen molar-refractivity contribution in [3.8, 4) is 5.75 Å². The highest BCUT2D eigenvalue weighted by molar-refractivity contribution is 7.09. The molecule has 9 heteroatoms. The Labute approximate surface area is 173 Å². The van der Waals surface area contributed by atoms with E-state index in [1.54, 1.807) is 34.3 Å². The number of aromatic nitrogens is 4. The normalized spacial score (nSPS) is 11.6. The van der Waals surface area contributed by atoms with Gasteiger partial charge in [0, 0.05) is 23.4 Å². The van der Waals surface area contributed by atoms with E-state index in [-0.39, 0.29) is 18.2 Å². The van der Waals surface area contributed by atoms with E-state index >= 15 is 0 Å². The molecule has 0 spiro atoms. The second kappa shape index (κ2) is 8.28. The monoisotopic (exact) mass is 415 g/mol. The Morgan fingerprint density at radius 2 is 2.03 bits per heavy atom. The molecule has 154 valence electrons. The molecular weight excluding hydrogens is 390 g/mol. The van der Waals surface area contributed by atoms with Crippen molar-refractivity contribution in [3.63, 3.8) is 0 Å². The van der Waals surface area contributed by atoms with Crippen molar-refractivity contribution in [2.45, 2.75) is 40.8 Å². The quantitative estimate of drug-likeness (QED) is 0.551. The smallest absolute Gasteiger partial charge is 0.244 e. The fourth-order valence-electron chi connectivity index (χ4n) is 2.96. The van der Waals surface area contributed by atoms with Crippen LogP contribution in [0.3, 0.4) is 0 Å². The average Bonchev–Trinajstić information content (AvgIpc) is 3.32. The summed E-state index contributed by atoms with van der Waals surface area (Å²) >= 11 is 1.41. The molecule has 2 aromatic heterocycles. The lowest BCUT2D eigenvalue weighted by atomic mass is 9.88. The van der Waals surface area contributed by atoms with Crippen LogP contribution in [0.25, 0.3) is 10.9 Å². The third-order valence-corrected chi connectivity index (χ3v) is 5.29. The molecule has 1 amide bonds. The molecule has 0 radical (unpaired) electrons. The molecule has 0 aliphatic rings. The maximum absolute atomic E-state index is 12.9. The Morgan fingerprint density at radius 1 is 1.28 bits per heavy atom. The summed E-state index contributed by atoms with van der Waals surface area (Å²) in [6.45, 7) is 8.44. The van der Waals surface area contributed by atoms with Gasteiger partial charge in [0.15, 0.2) is 5.78 Å². The van der Waals surface area contributed by atoms with Gasteiger partial charge in [-0.25, -0.2) is 0 Å². The molecule has 0 saturated heterocycles. The van der Waals surface area contributed by atoms with E-state index in [1.165, 1.54) is 11.3 Å². The number of carbonyl (C=O) groups excluding carboxylic acids is 2. The number of hydrogen-bond donors (Lipinski definition) is 0. The van der Waals surface area contributed by atoms with E-state index in [4.69, 9.17) is 4.74 Å². The minimum Gasteiger partial charge on any atom is -0.497 e. The largest absolute Gasteiger partial charge is 0.497 e. The van der Waals surface area contributed by atoms with Crippen molar-refractivity contribution in [3.05, 3.63) is 34.4 Å². The number of carbonyl (C=O) groups is 2. The van der Waals surface area contributed by atoms with Crippen LogP contribution in [0.5, 0.6) is 5.75 Å². The first-order chi connectivity index (χ1) is 13.7. The van der Waals surface area contributed by atoms with E-state index in [0.717, 1.165) is 5.01 Å². The van der Waals surface area contributed by atoms with Crippen LogP contribution in [-0.2, 0) is 17.9 Å². The van der Waals surface area contributed by atoms with Crippen LogP contribution in [0.15, 0.2) is 23.7 Å². The van der Waals surface area contributed by atoms with Crippen molar-refractivity contribution >= 4 is 33.9 Å². The first-order valence-electron chi connectivity index (χ1n) is 9.36. The number of rotatable bonds is 7. The van der Waals surface area contributed by atoms with Gasteiger partial charge in [-0.05, 0) is 19.1 Å². The summed E-state index contributed by atoms with van der Waals surface area (Å²) in [5, 5.41) is 13.8. The van der Waals surface area contributed by atoms with Crippen molar-refractivity contribution in [1.29, 1.82) is 0 Å². The maximum Gasteiger partial charge on any atom is 0.244 e. The summed E-state index contributed by atoms with van der Waals surface area (Å²) in [4.78, 5) is 27.6. The lowest BCUT2D eigenvalue weighted by molar-refractivity contribution is -0.132. The molecule has 0 saturated carbocycles. The SMILES string of the molecule is CCN(Cc1nncs1)C(=O)Cn1nc(C(=O)C(C)(C)C)c2ccc(OC)cc21. The van der Waals surface area contributed by atoms with E-state index in [9.17, 15) is 9.59 Å². The summed E-state index contributed by atoms with van der Waals surface area (Å²) in [5.41, 5.74) is 2.13. The van der Waals surface area contributed by atoms with Crippen LogP contribution in [0.2, 0.25) is 0 Å². The van der Waals surface area contributed by atoms with Gasteiger partial charge in [0.05, 0.1) is 19.2 Å². The van der Waals surface area contributed by atoms with Crippen LogP contribution >= 0.6 is 11.3 Å². The maximum atomic E-state index is 12.9. The average molecular weight is 416 g/mol. The van der Waals surface area contributed by atoms with Gasteiger partial charge < -0.3 is 9.64 Å². The van der Waals surface area contributed by atoms with Crippen LogP contribution in [-0.4, -0.2) is 50.2 Å². The number of ketones is 1. The van der Waals surface area contributed by atoms with E-state index < -0.39 is 5.41 Å². The molecule has 0 fully saturated rings. The number of likely N-dealkylation sites (N-methyl/N-ethyl adjacent to an activating group) is 1. The van der Waals surface area contributed by atoms with E-state index in [2.05, 4.69) is 15.3 Å². The Kier molecular flexibility index (Phi) is 5.97. The standard InChI is InChI=1S/C20H25N5O3S/c1-6-24(10-16-22-21-12-29-16)17(26)11-25-15-9-13(28-5)7-8-14(15)18(23-25)19(27)20(2,3)4/h7-9,12H,6,10-11H2,1-5H3. The summed E-state index contributed by atoms with van der Waals surface area (Å²) in [7, 11) is 1.58. The van der Waals surface area contributed by atoms with Gasteiger partial charge in [-0.15, -0.1) is 21.5 Å². The number of nitrogens with zero attached hydrogens (tertiary/aromatic N) is 5. The van der Waals surface area contributed by atoms with Gasteiger partial charge in [0.25, 0.3) is 0 Å². The predicted molar refractivity (Wildman–Crippen MR) is 111 cm³/mol. The minimum atomic E-state index is -0.580. The van der Waals surface area contributed by atoms with Crippen molar-refractivity contribution < 1.29 is 14.3 Å². The third-order valence-electron chi connectivity index (χ3n) is 4.61. The van der Waals surface area contributed by atoms with Crippen LogP contribution < -0.4 is 4.74 Å². The number of Topliss-reactive ketones (excluding diaryl/α,β-unsaturated/α-hetero) is 1. The molecule has 1 aromatic carbocycles. The van der Waals surface area contributed by atoms with Gasteiger partial charge in [-0.2, -0.15) is 5.10 Å². The first kappa shape index (κ1) is 20.9. The highest BCUT2D eigenvalue weighted by Gasteiger charge is 2.29. The summed E-state index contributed by atoms with van der Waals surface area (Å²) < 4.78 is 6.91. The van der Waals surface area contributed by atoms with Crippen LogP contribution in [0, 0.1) is 5.41 Å². The van der Waals surface area contributed by atoms with Gasteiger partial charge >= 0.3 is 0 Å². The number of methoxy groups -OCH3 is 1. The van der Waals surface area contributed by atoms with Gasteiger partial charge in [0.1, 0.15) is 28.5 Å². The zero-order chi connectivity index (χ0) is 21.2. The summed E-state index contributed by atoms with van der Waals surface area (Å²) in [6, 6.07) is 5.42. The number of hydrogen-bond acceptors (Lipinski definition) is 7. The molecule has 0 bridgehead atoms. The van der Waals surface area contributed by atoms with E-state index in [0.29, 0.717) is 35.4 Å². The van der Waals surface area contributed by atoms with Crippen molar-refractivity contribution in [1.82, 2.24) is 24.9 Å². The predicted octanol–water partition coefficient (Wildman–Crippen LogP) is 3.17. The van der Waals surface area contributed by atoms with E-state index in [1.807, 2.05) is 33.8 Å². The molecule has 3 aromatic rings. The number of amides is 1. The highest BCUT2D eigenvalue weighted by Crippen LogP contribution is 2.29. The lowest BCUT2D eigenvalue weighted by Crippen LogP contribution is -2.33. The van der Waals surface area contributed by atoms with Crippen molar-refractivity contribution in [2.75, 3.05) is 13.7 Å². The highest BCUT2D eigenvalue weighted by atomic mass is 32.1. The molecule has 0 atom stereocenters.